The summed E-state index contributed by atoms with van der Waals surface area (Å²) in [5.41, 5.74) is 5.90. The molecule has 4 heteroatoms. The summed E-state index contributed by atoms with van der Waals surface area (Å²) in [5, 5.41) is 6.09. The van der Waals surface area contributed by atoms with Crippen molar-refractivity contribution in [2.24, 2.45) is 0 Å². The van der Waals surface area contributed by atoms with Crippen LogP contribution in [0.5, 0.6) is 0 Å². The molecule has 0 bridgehead atoms. The van der Waals surface area contributed by atoms with Gasteiger partial charge in [0.25, 0.3) is 5.91 Å². The van der Waals surface area contributed by atoms with Gasteiger partial charge in [-0.3, -0.25) is 10.1 Å². The molecule has 0 aliphatic carbocycles. The van der Waals surface area contributed by atoms with Crippen molar-refractivity contribution < 1.29 is 4.79 Å². The average molecular weight is 312 g/mol. The SMILES string of the molecule is Cc1cc(C)cc(C(=O)NC(=S)Nc2ccc(C)cc2C)c1. The molecule has 0 atom stereocenters. The maximum Gasteiger partial charge on any atom is 0.257 e. The smallest absolute Gasteiger partial charge is 0.257 e. The molecule has 2 rings (SSSR count). The molecule has 0 aromatic heterocycles. The molecule has 0 saturated carbocycles. The first-order chi connectivity index (χ1) is 10.3. The van der Waals surface area contributed by atoms with E-state index in [4.69, 9.17) is 12.2 Å². The van der Waals surface area contributed by atoms with Crippen LogP contribution >= 0.6 is 12.2 Å². The number of nitrogens with one attached hydrogen (secondary N) is 2. The van der Waals surface area contributed by atoms with Gasteiger partial charge in [-0.05, 0) is 63.7 Å². The van der Waals surface area contributed by atoms with E-state index >= 15 is 0 Å². The maximum absolute atomic E-state index is 12.3. The van der Waals surface area contributed by atoms with Gasteiger partial charge in [0.2, 0.25) is 0 Å². The van der Waals surface area contributed by atoms with Gasteiger partial charge in [-0.1, -0.05) is 34.9 Å². The van der Waals surface area contributed by atoms with E-state index in [-0.39, 0.29) is 5.91 Å². The second-order valence-electron chi connectivity index (χ2n) is 5.60. The Hall–Kier alpha value is -2.20. The molecule has 1 amide bonds. The molecular formula is C18H20N2OS. The summed E-state index contributed by atoms with van der Waals surface area (Å²) in [4.78, 5) is 12.3. The van der Waals surface area contributed by atoms with Gasteiger partial charge < -0.3 is 5.32 Å². The first kappa shape index (κ1) is 16.2. The first-order valence-electron chi connectivity index (χ1n) is 7.13. The van der Waals surface area contributed by atoms with Crippen LogP contribution in [0.3, 0.4) is 0 Å². The fraction of sp³-hybridized carbons (Fsp3) is 0.222. The van der Waals surface area contributed by atoms with Crippen LogP contribution in [0.15, 0.2) is 36.4 Å². The Bertz CT molecular complexity index is 718. The molecule has 0 aliphatic heterocycles. The fourth-order valence-corrected chi connectivity index (χ4v) is 2.59. The van der Waals surface area contributed by atoms with Crippen molar-refractivity contribution in [2.45, 2.75) is 27.7 Å². The van der Waals surface area contributed by atoms with E-state index in [0.29, 0.717) is 10.7 Å². The van der Waals surface area contributed by atoms with Gasteiger partial charge in [0, 0.05) is 11.3 Å². The predicted octanol–water partition coefficient (Wildman–Crippen LogP) is 4.05. The predicted molar refractivity (Wildman–Crippen MR) is 95.5 cm³/mol. The zero-order valence-electron chi connectivity index (χ0n) is 13.3. The van der Waals surface area contributed by atoms with E-state index in [9.17, 15) is 4.79 Å². The number of hydrogen-bond acceptors (Lipinski definition) is 2. The van der Waals surface area contributed by atoms with Gasteiger partial charge in [-0.15, -0.1) is 0 Å². The maximum atomic E-state index is 12.3. The lowest BCUT2D eigenvalue weighted by Gasteiger charge is -2.12. The molecule has 0 fully saturated rings. The van der Waals surface area contributed by atoms with Crippen LogP contribution in [0.1, 0.15) is 32.6 Å². The third-order valence-electron chi connectivity index (χ3n) is 3.34. The standard InChI is InChI=1S/C18H20N2OS/c1-11-5-6-16(14(4)8-11)19-18(22)20-17(21)15-9-12(2)7-13(3)10-15/h5-10H,1-4H3,(H2,19,20,21,22). The van der Waals surface area contributed by atoms with Crippen molar-refractivity contribution in [3.05, 3.63) is 64.2 Å². The van der Waals surface area contributed by atoms with Crippen LogP contribution < -0.4 is 10.6 Å². The van der Waals surface area contributed by atoms with E-state index < -0.39 is 0 Å². The van der Waals surface area contributed by atoms with Crippen LogP contribution in [0, 0.1) is 27.7 Å². The minimum atomic E-state index is -0.200. The molecule has 0 spiro atoms. The van der Waals surface area contributed by atoms with Crippen molar-refractivity contribution in [1.29, 1.82) is 0 Å². The van der Waals surface area contributed by atoms with Gasteiger partial charge in [-0.25, -0.2) is 0 Å². The highest BCUT2D eigenvalue weighted by atomic mass is 32.1. The van der Waals surface area contributed by atoms with Gasteiger partial charge in [0.15, 0.2) is 5.11 Å². The number of benzene rings is 2. The van der Waals surface area contributed by atoms with Crippen LogP contribution in [0.2, 0.25) is 0 Å². The Labute approximate surface area is 136 Å². The Balaban J connectivity index is 2.06. The lowest BCUT2D eigenvalue weighted by molar-refractivity contribution is 0.0977. The number of carbonyl (C=O) groups excluding carboxylic acids is 1. The minimum Gasteiger partial charge on any atom is -0.332 e. The van der Waals surface area contributed by atoms with E-state index in [1.54, 1.807) is 0 Å². The summed E-state index contributed by atoms with van der Waals surface area (Å²) in [6, 6.07) is 11.8. The third kappa shape index (κ3) is 4.15. The third-order valence-corrected chi connectivity index (χ3v) is 3.55. The Kier molecular flexibility index (Phi) is 4.93. The minimum absolute atomic E-state index is 0.200. The number of anilines is 1. The molecule has 2 N–H and O–H groups in total. The second-order valence-corrected chi connectivity index (χ2v) is 6.01. The zero-order valence-corrected chi connectivity index (χ0v) is 14.1. The van der Waals surface area contributed by atoms with Crippen LogP contribution in [-0.2, 0) is 0 Å². The van der Waals surface area contributed by atoms with Crippen LogP contribution in [0.4, 0.5) is 5.69 Å². The van der Waals surface area contributed by atoms with Crippen molar-refractivity contribution in [3.8, 4) is 0 Å². The molecule has 0 aliphatic rings. The number of amides is 1. The summed E-state index contributed by atoms with van der Waals surface area (Å²) >= 11 is 5.23. The molecule has 2 aromatic rings. The Morgan fingerprint density at radius 2 is 1.55 bits per heavy atom. The summed E-state index contributed by atoms with van der Waals surface area (Å²) in [6.07, 6.45) is 0. The highest BCUT2D eigenvalue weighted by Gasteiger charge is 2.09. The Morgan fingerprint density at radius 3 is 2.14 bits per heavy atom. The zero-order chi connectivity index (χ0) is 16.3. The Morgan fingerprint density at radius 1 is 0.909 bits per heavy atom. The van der Waals surface area contributed by atoms with Gasteiger partial charge >= 0.3 is 0 Å². The highest BCUT2D eigenvalue weighted by molar-refractivity contribution is 7.80. The van der Waals surface area contributed by atoms with Crippen LogP contribution in [-0.4, -0.2) is 11.0 Å². The lowest BCUT2D eigenvalue weighted by atomic mass is 10.1. The highest BCUT2D eigenvalue weighted by Crippen LogP contribution is 2.16. The molecule has 0 saturated heterocycles. The number of aryl methyl sites for hydroxylation is 4. The number of carbonyl (C=O) groups is 1. The van der Waals surface area contributed by atoms with Crippen molar-refractivity contribution in [2.75, 3.05) is 5.32 Å². The largest absolute Gasteiger partial charge is 0.332 e. The van der Waals surface area contributed by atoms with Crippen molar-refractivity contribution in [1.82, 2.24) is 5.32 Å². The topological polar surface area (TPSA) is 41.1 Å². The van der Waals surface area contributed by atoms with Gasteiger partial charge in [0.1, 0.15) is 0 Å². The fourth-order valence-electron chi connectivity index (χ4n) is 2.39. The molecule has 114 valence electrons. The second kappa shape index (κ2) is 6.71. The lowest BCUT2D eigenvalue weighted by Crippen LogP contribution is -2.34. The monoisotopic (exact) mass is 312 g/mol. The molecule has 22 heavy (non-hydrogen) atoms. The van der Waals surface area contributed by atoms with Gasteiger partial charge in [0.05, 0.1) is 0 Å². The van der Waals surface area contributed by atoms with Crippen LogP contribution in [0.25, 0.3) is 0 Å². The molecule has 2 aromatic carbocycles. The van der Waals surface area contributed by atoms with E-state index in [1.807, 2.05) is 58.0 Å². The quantitative estimate of drug-likeness (QED) is 0.822. The molecular weight excluding hydrogens is 292 g/mol. The first-order valence-corrected chi connectivity index (χ1v) is 7.54. The number of rotatable bonds is 2. The summed E-state index contributed by atoms with van der Waals surface area (Å²) in [5.74, 6) is -0.200. The molecule has 0 heterocycles. The van der Waals surface area contributed by atoms with E-state index in [2.05, 4.69) is 16.7 Å². The summed E-state index contributed by atoms with van der Waals surface area (Å²) in [6.45, 7) is 7.98. The van der Waals surface area contributed by atoms with Crippen molar-refractivity contribution >= 4 is 28.9 Å². The molecule has 0 radical (unpaired) electrons. The molecule has 3 nitrogen and oxygen atoms in total. The normalized spacial score (nSPS) is 10.2. The van der Waals surface area contributed by atoms with E-state index in [0.717, 1.165) is 22.4 Å². The average Bonchev–Trinajstić information content (AvgIpc) is 2.40. The number of thiocarbonyl (C=S) groups is 1. The summed E-state index contributed by atoms with van der Waals surface area (Å²) < 4.78 is 0. The van der Waals surface area contributed by atoms with Crippen molar-refractivity contribution in [3.63, 3.8) is 0 Å². The number of hydrogen-bond donors (Lipinski definition) is 2. The molecule has 0 unspecified atom stereocenters. The summed E-state index contributed by atoms with van der Waals surface area (Å²) in [7, 11) is 0. The van der Waals surface area contributed by atoms with Gasteiger partial charge in [-0.2, -0.15) is 0 Å². The van der Waals surface area contributed by atoms with E-state index in [1.165, 1.54) is 5.56 Å².